The number of anilines is 1. The fourth-order valence-electron chi connectivity index (χ4n) is 3.51. The minimum Gasteiger partial charge on any atom is -0.454 e. The van der Waals surface area contributed by atoms with Crippen molar-refractivity contribution in [1.29, 1.82) is 0 Å². The third kappa shape index (κ3) is 3.49. The van der Waals surface area contributed by atoms with Crippen LogP contribution in [0.25, 0.3) is 0 Å². The number of nitrogens with one attached hydrogen (secondary N) is 1. The van der Waals surface area contributed by atoms with Gasteiger partial charge in [0.2, 0.25) is 12.7 Å². The second-order valence-electron chi connectivity index (χ2n) is 7.31. The zero-order valence-electron chi connectivity index (χ0n) is 16.2. The van der Waals surface area contributed by atoms with Crippen molar-refractivity contribution in [3.05, 3.63) is 54.1 Å². The molecule has 1 atom stereocenters. The topological polar surface area (TPSA) is 88.2 Å². The molecule has 0 aliphatic carbocycles. The molecule has 29 heavy (non-hydrogen) atoms. The van der Waals surface area contributed by atoms with E-state index in [4.69, 9.17) is 9.47 Å². The predicted octanol–water partition coefficient (Wildman–Crippen LogP) is 1.93. The Morgan fingerprint density at radius 3 is 2.62 bits per heavy atom. The van der Waals surface area contributed by atoms with Crippen LogP contribution in [-0.4, -0.2) is 48.7 Å². The maximum Gasteiger partial charge on any atom is 0.325 e. The number of carbonyl (C=O) groups is 3. The van der Waals surface area contributed by atoms with Crippen molar-refractivity contribution in [2.45, 2.75) is 18.9 Å². The van der Waals surface area contributed by atoms with Gasteiger partial charge >= 0.3 is 6.03 Å². The summed E-state index contributed by atoms with van der Waals surface area (Å²) in [7, 11) is 1.61. The molecule has 2 aliphatic rings. The van der Waals surface area contributed by atoms with Crippen LogP contribution in [-0.2, 0) is 16.0 Å². The first-order chi connectivity index (χ1) is 13.9. The van der Waals surface area contributed by atoms with E-state index in [-0.39, 0.29) is 25.7 Å². The smallest absolute Gasteiger partial charge is 0.325 e. The van der Waals surface area contributed by atoms with Crippen molar-refractivity contribution in [2.75, 3.05) is 25.3 Å². The molecule has 1 saturated heterocycles. The molecule has 2 aromatic carbocycles. The molecule has 1 unspecified atom stereocenters. The van der Waals surface area contributed by atoms with Gasteiger partial charge in [-0.15, -0.1) is 0 Å². The highest BCUT2D eigenvalue weighted by atomic mass is 16.7. The summed E-state index contributed by atoms with van der Waals surface area (Å²) < 4.78 is 10.7. The van der Waals surface area contributed by atoms with Gasteiger partial charge in [-0.05, 0) is 36.8 Å². The quantitative estimate of drug-likeness (QED) is 0.782. The predicted molar refractivity (Wildman–Crippen MR) is 105 cm³/mol. The largest absolute Gasteiger partial charge is 0.454 e. The number of carbonyl (C=O) groups excluding carboxylic acids is 3. The fraction of sp³-hybridized carbons (Fsp3) is 0.286. The van der Waals surface area contributed by atoms with Gasteiger partial charge in [-0.3, -0.25) is 14.5 Å². The Morgan fingerprint density at radius 1 is 1.14 bits per heavy atom. The van der Waals surface area contributed by atoms with E-state index in [1.54, 1.807) is 38.2 Å². The summed E-state index contributed by atoms with van der Waals surface area (Å²) in [5.74, 6) is 0.471. The van der Waals surface area contributed by atoms with Crippen LogP contribution in [0.1, 0.15) is 12.5 Å². The van der Waals surface area contributed by atoms with Crippen LogP contribution in [0.2, 0.25) is 0 Å². The molecular formula is C21H21N3O5. The van der Waals surface area contributed by atoms with Gasteiger partial charge in [0.1, 0.15) is 12.1 Å². The first kappa shape index (κ1) is 18.8. The molecule has 4 amide bonds. The summed E-state index contributed by atoms with van der Waals surface area (Å²) in [6, 6.07) is 13.9. The van der Waals surface area contributed by atoms with Crippen LogP contribution in [0.3, 0.4) is 0 Å². The van der Waals surface area contributed by atoms with Crippen molar-refractivity contribution >= 4 is 23.5 Å². The van der Waals surface area contributed by atoms with E-state index in [1.165, 1.54) is 4.90 Å². The third-order valence-electron chi connectivity index (χ3n) is 5.15. The summed E-state index contributed by atoms with van der Waals surface area (Å²) in [6.07, 6.45) is 0.271. The molecule has 2 aromatic rings. The van der Waals surface area contributed by atoms with Gasteiger partial charge in [0, 0.05) is 19.2 Å². The summed E-state index contributed by atoms with van der Waals surface area (Å²) >= 11 is 0. The number of benzene rings is 2. The number of hydrogen-bond donors (Lipinski definition) is 1. The van der Waals surface area contributed by atoms with Gasteiger partial charge in [-0.2, -0.15) is 0 Å². The maximum absolute atomic E-state index is 13.0. The van der Waals surface area contributed by atoms with Gasteiger partial charge in [-0.25, -0.2) is 4.79 Å². The van der Waals surface area contributed by atoms with Crippen LogP contribution in [0, 0.1) is 0 Å². The number of ether oxygens (including phenoxy) is 2. The zero-order chi connectivity index (χ0) is 20.6. The van der Waals surface area contributed by atoms with Crippen LogP contribution >= 0.6 is 0 Å². The fourth-order valence-corrected chi connectivity index (χ4v) is 3.51. The van der Waals surface area contributed by atoms with Crippen LogP contribution in [0.4, 0.5) is 10.5 Å². The van der Waals surface area contributed by atoms with Gasteiger partial charge in [-0.1, -0.05) is 24.3 Å². The van der Waals surface area contributed by atoms with Crippen molar-refractivity contribution in [3.63, 3.8) is 0 Å². The molecule has 2 heterocycles. The monoisotopic (exact) mass is 395 g/mol. The van der Waals surface area contributed by atoms with Crippen molar-refractivity contribution < 1.29 is 23.9 Å². The molecule has 1 N–H and O–H groups in total. The second kappa shape index (κ2) is 7.12. The molecule has 0 radical (unpaired) electrons. The number of fused-ring (bicyclic) bond motifs is 1. The lowest BCUT2D eigenvalue weighted by Crippen LogP contribution is -2.47. The highest BCUT2D eigenvalue weighted by Crippen LogP contribution is 2.34. The Bertz CT molecular complexity index is 978. The Morgan fingerprint density at radius 2 is 1.86 bits per heavy atom. The number of hydrogen-bond acceptors (Lipinski definition) is 5. The van der Waals surface area contributed by atoms with E-state index < -0.39 is 17.5 Å². The van der Waals surface area contributed by atoms with Crippen LogP contribution in [0.5, 0.6) is 11.5 Å². The van der Waals surface area contributed by atoms with Crippen LogP contribution in [0.15, 0.2) is 48.5 Å². The molecular weight excluding hydrogens is 374 g/mol. The maximum atomic E-state index is 13.0. The van der Waals surface area contributed by atoms with Crippen LogP contribution < -0.4 is 19.7 Å². The Hall–Kier alpha value is -3.55. The first-order valence-corrected chi connectivity index (χ1v) is 9.22. The minimum atomic E-state index is -1.14. The number of rotatable bonds is 5. The van der Waals surface area contributed by atoms with E-state index in [0.717, 1.165) is 10.5 Å². The van der Waals surface area contributed by atoms with E-state index in [9.17, 15) is 14.4 Å². The van der Waals surface area contributed by atoms with E-state index in [1.807, 2.05) is 24.3 Å². The Balaban J connectivity index is 1.47. The number of amides is 4. The van der Waals surface area contributed by atoms with Crippen molar-refractivity contribution in [3.8, 4) is 11.5 Å². The molecule has 2 aliphatic heterocycles. The lowest BCUT2D eigenvalue weighted by atomic mass is 9.92. The molecule has 1 fully saturated rings. The Kier molecular flexibility index (Phi) is 4.62. The molecule has 150 valence electrons. The van der Waals surface area contributed by atoms with Crippen molar-refractivity contribution in [2.24, 2.45) is 0 Å². The summed E-state index contributed by atoms with van der Waals surface area (Å²) in [5, 5.41) is 2.73. The van der Waals surface area contributed by atoms with Gasteiger partial charge in [0.25, 0.3) is 5.91 Å². The molecule has 0 saturated carbocycles. The number of imide groups is 1. The molecule has 0 aromatic heterocycles. The lowest BCUT2D eigenvalue weighted by molar-refractivity contribution is -0.133. The summed E-state index contributed by atoms with van der Waals surface area (Å²) in [4.78, 5) is 40.4. The van der Waals surface area contributed by atoms with Gasteiger partial charge in [0.05, 0.1) is 0 Å². The minimum absolute atomic E-state index is 0.163. The van der Waals surface area contributed by atoms with E-state index in [0.29, 0.717) is 17.2 Å². The molecule has 4 rings (SSSR count). The lowest BCUT2D eigenvalue weighted by Gasteiger charge is -2.23. The Labute approximate surface area is 168 Å². The number of urea groups is 1. The normalized spacial score (nSPS) is 20.0. The molecule has 0 spiro atoms. The highest BCUT2D eigenvalue weighted by Gasteiger charge is 2.48. The van der Waals surface area contributed by atoms with E-state index in [2.05, 4.69) is 5.32 Å². The molecule has 8 nitrogen and oxygen atoms in total. The second-order valence-corrected chi connectivity index (χ2v) is 7.31. The average Bonchev–Trinajstić information content (AvgIpc) is 3.26. The number of nitrogens with zero attached hydrogens (tertiary/aromatic N) is 2. The molecule has 8 heteroatoms. The molecule has 0 bridgehead atoms. The third-order valence-corrected chi connectivity index (χ3v) is 5.15. The SMILES string of the molecule is CN(C(=O)CN1C(=O)NC(C)(Cc2ccc3c(c2)OCO3)C1=O)c1ccccc1. The number of para-hydroxylation sites is 1. The highest BCUT2D eigenvalue weighted by molar-refractivity contribution is 6.10. The van der Waals surface area contributed by atoms with Crippen molar-refractivity contribution in [1.82, 2.24) is 10.2 Å². The summed E-state index contributed by atoms with van der Waals surface area (Å²) in [5.41, 5.74) is 0.365. The van der Waals surface area contributed by atoms with Gasteiger partial charge < -0.3 is 19.7 Å². The first-order valence-electron chi connectivity index (χ1n) is 9.22. The zero-order valence-corrected chi connectivity index (χ0v) is 16.2. The number of likely N-dealkylation sites (N-methyl/N-ethyl adjacent to an activating group) is 1. The standard InChI is InChI=1S/C21H21N3O5/c1-21(11-14-8-9-16-17(10-14)29-13-28-16)19(26)24(20(27)22-21)12-18(25)23(2)15-6-4-3-5-7-15/h3-10H,11-13H2,1-2H3,(H,22,27). The average molecular weight is 395 g/mol. The van der Waals surface area contributed by atoms with E-state index >= 15 is 0 Å². The summed E-state index contributed by atoms with van der Waals surface area (Å²) in [6.45, 7) is 1.49. The van der Waals surface area contributed by atoms with Gasteiger partial charge in [0.15, 0.2) is 11.5 Å².